The topological polar surface area (TPSA) is 16.4 Å². The third-order valence-electron chi connectivity index (χ3n) is 9.90. The minimum atomic E-state index is 0.877. The molecule has 0 fully saturated rings. The van der Waals surface area contributed by atoms with Crippen LogP contribution in [-0.4, -0.2) is 0 Å². The number of anilines is 3. The minimum absolute atomic E-state index is 0.877. The van der Waals surface area contributed by atoms with Gasteiger partial charge in [-0.05, 0) is 75.8 Å². The number of hydrogen-bond donors (Lipinski definition) is 0. The number of thiophene rings is 1. The van der Waals surface area contributed by atoms with Crippen molar-refractivity contribution in [3.8, 4) is 33.4 Å². The summed E-state index contributed by atoms with van der Waals surface area (Å²) in [6.07, 6.45) is 0. The van der Waals surface area contributed by atoms with E-state index in [4.69, 9.17) is 4.42 Å². The molecule has 0 unspecified atom stereocenters. The number of para-hydroxylation sites is 1. The number of nitrogens with zero attached hydrogens (tertiary/aromatic N) is 1. The molecule has 2 nitrogen and oxygen atoms in total. The number of furan rings is 1. The Kier molecular flexibility index (Phi) is 7.04. The highest BCUT2D eigenvalue weighted by molar-refractivity contribution is 7.26. The monoisotopic (exact) mass is 669 g/mol. The van der Waals surface area contributed by atoms with Crippen LogP contribution in [0.1, 0.15) is 0 Å². The molecule has 0 bridgehead atoms. The van der Waals surface area contributed by atoms with Gasteiger partial charge in [0.1, 0.15) is 11.2 Å². The van der Waals surface area contributed by atoms with Crippen LogP contribution >= 0.6 is 11.3 Å². The van der Waals surface area contributed by atoms with Gasteiger partial charge in [-0.3, -0.25) is 0 Å². The predicted molar refractivity (Wildman–Crippen MR) is 218 cm³/mol. The summed E-state index contributed by atoms with van der Waals surface area (Å²) in [4.78, 5) is 2.36. The molecule has 0 aliphatic carbocycles. The quantitative estimate of drug-likeness (QED) is 0.175. The van der Waals surface area contributed by atoms with Gasteiger partial charge in [0.15, 0.2) is 0 Å². The van der Waals surface area contributed by atoms with Gasteiger partial charge in [-0.15, -0.1) is 11.3 Å². The van der Waals surface area contributed by atoms with Gasteiger partial charge in [-0.25, -0.2) is 0 Å². The Morgan fingerprint density at radius 3 is 1.47 bits per heavy atom. The lowest BCUT2D eigenvalue weighted by Crippen LogP contribution is -2.10. The van der Waals surface area contributed by atoms with Crippen molar-refractivity contribution in [2.45, 2.75) is 0 Å². The van der Waals surface area contributed by atoms with Crippen LogP contribution in [-0.2, 0) is 0 Å². The zero-order chi connectivity index (χ0) is 33.7. The first kappa shape index (κ1) is 29.5. The molecular weight excluding hydrogens is 639 g/mol. The van der Waals surface area contributed by atoms with Crippen molar-refractivity contribution in [2.75, 3.05) is 4.90 Å². The average molecular weight is 670 g/mol. The summed E-state index contributed by atoms with van der Waals surface area (Å²) in [5.74, 6) is 0. The second-order valence-electron chi connectivity index (χ2n) is 12.9. The maximum absolute atomic E-state index is 6.35. The standard InChI is InChI=1S/C48H31NOS/c1-3-12-32(13-4-1)33-24-28-36(29-25-33)49(43-21-11-23-45-46(43)42-16-7-8-22-44(42)50-45)37-30-26-35(27-31-37)39-18-10-20-41-40-19-9-17-38(47(40)51-48(39)41)34-14-5-2-6-15-34/h1-31H. The molecule has 240 valence electrons. The van der Waals surface area contributed by atoms with E-state index in [1.165, 1.54) is 53.6 Å². The molecule has 8 aromatic carbocycles. The van der Waals surface area contributed by atoms with E-state index in [0.29, 0.717) is 0 Å². The zero-order valence-corrected chi connectivity index (χ0v) is 28.5. The van der Waals surface area contributed by atoms with Crippen molar-refractivity contribution >= 4 is 70.5 Å². The second-order valence-corrected chi connectivity index (χ2v) is 13.9. The maximum Gasteiger partial charge on any atom is 0.137 e. The highest BCUT2D eigenvalue weighted by Crippen LogP contribution is 2.46. The molecule has 0 aliphatic heterocycles. The van der Waals surface area contributed by atoms with Crippen LogP contribution in [0.2, 0.25) is 0 Å². The Hall–Kier alpha value is -6.42. The van der Waals surface area contributed by atoms with Crippen LogP contribution < -0.4 is 4.90 Å². The smallest absolute Gasteiger partial charge is 0.137 e. The lowest BCUT2D eigenvalue weighted by molar-refractivity contribution is 0.669. The summed E-state index contributed by atoms with van der Waals surface area (Å²) < 4.78 is 8.98. The summed E-state index contributed by atoms with van der Waals surface area (Å²) in [6.45, 7) is 0. The van der Waals surface area contributed by atoms with Crippen LogP contribution in [0.15, 0.2) is 192 Å². The Bertz CT molecular complexity index is 2830. The first-order valence-electron chi connectivity index (χ1n) is 17.3. The number of hydrogen-bond acceptors (Lipinski definition) is 3. The van der Waals surface area contributed by atoms with Gasteiger partial charge < -0.3 is 9.32 Å². The molecule has 2 aromatic heterocycles. The van der Waals surface area contributed by atoms with E-state index in [1.54, 1.807) is 0 Å². The normalized spacial score (nSPS) is 11.5. The van der Waals surface area contributed by atoms with E-state index >= 15 is 0 Å². The lowest BCUT2D eigenvalue weighted by atomic mass is 10.00. The van der Waals surface area contributed by atoms with Gasteiger partial charge in [0, 0.05) is 36.9 Å². The van der Waals surface area contributed by atoms with Gasteiger partial charge >= 0.3 is 0 Å². The van der Waals surface area contributed by atoms with E-state index in [1.807, 2.05) is 23.5 Å². The predicted octanol–water partition coefficient (Wildman–Crippen LogP) is 14.4. The van der Waals surface area contributed by atoms with E-state index in [0.717, 1.165) is 39.0 Å². The molecule has 51 heavy (non-hydrogen) atoms. The third-order valence-corrected chi connectivity index (χ3v) is 11.2. The molecule has 0 atom stereocenters. The van der Waals surface area contributed by atoms with E-state index < -0.39 is 0 Å². The van der Waals surface area contributed by atoms with Crippen molar-refractivity contribution in [1.29, 1.82) is 0 Å². The summed E-state index contributed by atoms with van der Waals surface area (Å²) in [7, 11) is 0. The SMILES string of the molecule is c1ccc(-c2ccc(N(c3ccc(-c4cccc5c4sc4c(-c6ccccc6)cccc45)cc3)c3cccc4oc5ccccc5c34)cc2)cc1. The van der Waals surface area contributed by atoms with Gasteiger partial charge in [0.2, 0.25) is 0 Å². The fourth-order valence-corrected chi connectivity index (χ4v) is 8.86. The molecule has 0 spiro atoms. The fourth-order valence-electron chi connectivity index (χ4n) is 7.49. The lowest BCUT2D eigenvalue weighted by Gasteiger charge is -2.26. The Balaban J connectivity index is 1.11. The molecule has 0 N–H and O–H groups in total. The summed E-state index contributed by atoms with van der Waals surface area (Å²) in [5.41, 5.74) is 12.4. The Labute approximate surface area is 300 Å². The molecular formula is C48H31NOS. The molecule has 0 radical (unpaired) electrons. The Morgan fingerprint density at radius 2 is 0.824 bits per heavy atom. The summed E-state index contributed by atoms with van der Waals surface area (Å²) in [5, 5.41) is 4.82. The van der Waals surface area contributed by atoms with Gasteiger partial charge in [0.05, 0.1) is 11.1 Å². The first-order chi connectivity index (χ1) is 25.3. The van der Waals surface area contributed by atoms with Crippen molar-refractivity contribution < 1.29 is 4.42 Å². The van der Waals surface area contributed by atoms with E-state index in [-0.39, 0.29) is 0 Å². The first-order valence-corrected chi connectivity index (χ1v) is 18.1. The molecule has 0 saturated heterocycles. The fraction of sp³-hybridized carbons (Fsp3) is 0. The van der Waals surface area contributed by atoms with Crippen molar-refractivity contribution in [3.05, 3.63) is 188 Å². The molecule has 10 aromatic rings. The van der Waals surface area contributed by atoms with Gasteiger partial charge in [-0.1, -0.05) is 146 Å². The summed E-state index contributed by atoms with van der Waals surface area (Å²) >= 11 is 1.89. The maximum atomic E-state index is 6.35. The van der Waals surface area contributed by atoms with Gasteiger partial charge in [0.25, 0.3) is 0 Å². The highest BCUT2D eigenvalue weighted by atomic mass is 32.1. The van der Waals surface area contributed by atoms with Crippen molar-refractivity contribution in [3.63, 3.8) is 0 Å². The Morgan fingerprint density at radius 1 is 0.353 bits per heavy atom. The van der Waals surface area contributed by atoms with Crippen LogP contribution in [0.25, 0.3) is 75.5 Å². The largest absolute Gasteiger partial charge is 0.456 e. The average Bonchev–Trinajstić information content (AvgIpc) is 3.79. The molecule has 0 aliphatic rings. The molecule has 3 heteroatoms. The third kappa shape index (κ3) is 5.01. The van der Waals surface area contributed by atoms with E-state index in [9.17, 15) is 0 Å². The second kappa shape index (κ2) is 12.2. The minimum Gasteiger partial charge on any atom is -0.456 e. The van der Waals surface area contributed by atoms with Crippen LogP contribution in [0.4, 0.5) is 17.1 Å². The zero-order valence-electron chi connectivity index (χ0n) is 27.7. The molecule has 0 amide bonds. The molecule has 0 saturated carbocycles. The molecule has 2 heterocycles. The van der Waals surface area contributed by atoms with Crippen LogP contribution in [0, 0.1) is 0 Å². The number of benzene rings is 8. The number of rotatable bonds is 6. The van der Waals surface area contributed by atoms with Crippen molar-refractivity contribution in [2.24, 2.45) is 0 Å². The van der Waals surface area contributed by atoms with Crippen LogP contribution in [0.3, 0.4) is 0 Å². The van der Waals surface area contributed by atoms with E-state index in [2.05, 4.69) is 181 Å². The summed E-state index contributed by atoms with van der Waals surface area (Å²) in [6, 6.07) is 67.2. The van der Waals surface area contributed by atoms with Crippen LogP contribution in [0.5, 0.6) is 0 Å². The number of fused-ring (bicyclic) bond motifs is 6. The van der Waals surface area contributed by atoms with Crippen molar-refractivity contribution in [1.82, 2.24) is 0 Å². The van der Waals surface area contributed by atoms with Gasteiger partial charge in [-0.2, -0.15) is 0 Å². The molecule has 10 rings (SSSR count). The highest BCUT2D eigenvalue weighted by Gasteiger charge is 2.20.